The van der Waals surface area contributed by atoms with Crippen molar-refractivity contribution in [3.05, 3.63) is 29.6 Å². The van der Waals surface area contributed by atoms with Crippen LogP contribution in [-0.4, -0.2) is 4.98 Å². The van der Waals surface area contributed by atoms with Crippen LogP contribution in [0.25, 0.3) is 0 Å². The Morgan fingerprint density at radius 2 is 2.09 bits per heavy atom. The highest BCUT2D eigenvalue weighted by Crippen LogP contribution is 2.12. The molecule has 0 aromatic carbocycles. The monoisotopic (exact) mass is 158 g/mol. The second kappa shape index (κ2) is 2.92. The number of hydrogen-bond donors (Lipinski definition) is 1. The first-order valence-electron chi connectivity index (χ1n) is 3.19. The van der Waals surface area contributed by atoms with E-state index in [0.717, 1.165) is 6.07 Å². The Morgan fingerprint density at radius 3 is 2.55 bits per heavy atom. The molecule has 60 valence electrons. The largest absolute Gasteiger partial charge is 0.324 e. The molecule has 1 heterocycles. The van der Waals surface area contributed by atoms with Gasteiger partial charge in [0.15, 0.2) is 0 Å². The number of pyridine rings is 1. The number of hydrogen-bond acceptors (Lipinski definition) is 2. The van der Waals surface area contributed by atoms with Crippen molar-refractivity contribution in [2.45, 2.75) is 13.0 Å². The lowest BCUT2D eigenvalue weighted by Crippen LogP contribution is -2.08. The molecule has 0 spiro atoms. The summed E-state index contributed by atoms with van der Waals surface area (Å²) in [6.07, 6.45) is 0. The van der Waals surface area contributed by atoms with Gasteiger partial charge in [0.1, 0.15) is 0 Å². The van der Waals surface area contributed by atoms with Crippen molar-refractivity contribution >= 4 is 0 Å². The molecule has 0 unspecified atom stereocenters. The van der Waals surface area contributed by atoms with E-state index >= 15 is 0 Å². The molecular formula is C7H8F2N2. The van der Waals surface area contributed by atoms with Gasteiger partial charge in [0.05, 0.1) is 0 Å². The van der Waals surface area contributed by atoms with Gasteiger partial charge in [-0.2, -0.15) is 13.8 Å². The average Bonchev–Trinajstić information content (AvgIpc) is 1.85. The van der Waals surface area contributed by atoms with E-state index in [2.05, 4.69) is 4.98 Å². The van der Waals surface area contributed by atoms with Crippen LogP contribution in [0.1, 0.15) is 18.5 Å². The van der Waals surface area contributed by atoms with Crippen LogP contribution in [0.5, 0.6) is 0 Å². The van der Waals surface area contributed by atoms with Gasteiger partial charge in [0.2, 0.25) is 11.9 Å². The quantitative estimate of drug-likeness (QED) is 0.627. The fourth-order valence-electron chi connectivity index (χ4n) is 0.763. The lowest BCUT2D eigenvalue weighted by atomic mass is 10.1. The molecule has 0 saturated heterocycles. The van der Waals surface area contributed by atoms with E-state index in [0.29, 0.717) is 0 Å². The van der Waals surface area contributed by atoms with Gasteiger partial charge in [-0.05, 0) is 19.1 Å². The van der Waals surface area contributed by atoms with Crippen molar-refractivity contribution in [2.24, 2.45) is 5.73 Å². The van der Waals surface area contributed by atoms with Gasteiger partial charge in [-0.25, -0.2) is 0 Å². The molecule has 0 fully saturated rings. The molecule has 0 aliphatic rings. The Kier molecular flexibility index (Phi) is 2.14. The zero-order chi connectivity index (χ0) is 8.43. The first kappa shape index (κ1) is 8.07. The second-order valence-corrected chi connectivity index (χ2v) is 2.30. The predicted molar refractivity (Wildman–Crippen MR) is 36.8 cm³/mol. The zero-order valence-electron chi connectivity index (χ0n) is 6.01. The lowest BCUT2D eigenvalue weighted by molar-refractivity contribution is 0.496. The highest BCUT2D eigenvalue weighted by atomic mass is 19.1. The number of nitrogens with zero attached hydrogens (tertiary/aromatic N) is 1. The van der Waals surface area contributed by atoms with Gasteiger partial charge in [-0.3, -0.25) is 0 Å². The highest BCUT2D eigenvalue weighted by Gasteiger charge is 2.07. The number of halogens is 2. The predicted octanol–water partition coefficient (Wildman–Crippen LogP) is 1.38. The van der Waals surface area contributed by atoms with Gasteiger partial charge < -0.3 is 5.73 Å². The number of rotatable bonds is 1. The first-order valence-corrected chi connectivity index (χ1v) is 3.19. The maximum atomic E-state index is 12.7. The smallest absolute Gasteiger partial charge is 0.220 e. The molecule has 1 aromatic rings. The Hall–Kier alpha value is -1.03. The molecule has 0 aliphatic heterocycles. The summed E-state index contributed by atoms with van der Waals surface area (Å²) in [6.45, 7) is 1.61. The molecule has 1 rings (SSSR count). The van der Waals surface area contributed by atoms with Gasteiger partial charge in [-0.1, -0.05) is 0 Å². The SMILES string of the molecule is C[C@H](N)c1ccc(F)nc1F. The van der Waals surface area contributed by atoms with Crippen LogP contribution in [0.2, 0.25) is 0 Å². The summed E-state index contributed by atoms with van der Waals surface area (Å²) in [5, 5.41) is 0. The average molecular weight is 158 g/mol. The summed E-state index contributed by atoms with van der Waals surface area (Å²) in [5.41, 5.74) is 5.59. The van der Waals surface area contributed by atoms with E-state index in [1.54, 1.807) is 6.92 Å². The fraction of sp³-hybridized carbons (Fsp3) is 0.286. The summed E-state index contributed by atoms with van der Waals surface area (Å²) < 4.78 is 24.9. The van der Waals surface area contributed by atoms with E-state index in [9.17, 15) is 8.78 Å². The van der Waals surface area contributed by atoms with Gasteiger partial charge in [0.25, 0.3) is 0 Å². The first-order chi connectivity index (χ1) is 5.11. The molecule has 0 radical (unpaired) electrons. The minimum atomic E-state index is -0.833. The lowest BCUT2D eigenvalue weighted by Gasteiger charge is -2.04. The highest BCUT2D eigenvalue weighted by molar-refractivity contribution is 5.14. The van der Waals surface area contributed by atoms with Crippen molar-refractivity contribution in [3.8, 4) is 0 Å². The third-order valence-electron chi connectivity index (χ3n) is 1.33. The van der Waals surface area contributed by atoms with Crippen molar-refractivity contribution < 1.29 is 8.78 Å². The zero-order valence-corrected chi connectivity index (χ0v) is 6.01. The summed E-state index contributed by atoms with van der Waals surface area (Å²) in [5.74, 6) is -1.66. The van der Waals surface area contributed by atoms with Crippen LogP contribution in [0.3, 0.4) is 0 Å². The maximum Gasteiger partial charge on any atom is 0.220 e. The van der Waals surface area contributed by atoms with Gasteiger partial charge in [-0.15, -0.1) is 0 Å². The van der Waals surface area contributed by atoms with Crippen LogP contribution in [0, 0.1) is 11.9 Å². The van der Waals surface area contributed by atoms with E-state index in [-0.39, 0.29) is 5.56 Å². The molecule has 2 N–H and O–H groups in total. The Bertz CT molecular complexity index is 261. The molecule has 1 atom stereocenters. The van der Waals surface area contributed by atoms with Crippen molar-refractivity contribution in [2.75, 3.05) is 0 Å². The third kappa shape index (κ3) is 1.71. The van der Waals surface area contributed by atoms with Crippen molar-refractivity contribution in [1.82, 2.24) is 4.98 Å². The minimum Gasteiger partial charge on any atom is -0.324 e. The summed E-state index contributed by atoms with van der Waals surface area (Å²) in [7, 11) is 0. The minimum absolute atomic E-state index is 0.228. The Balaban J connectivity index is 3.09. The van der Waals surface area contributed by atoms with Gasteiger partial charge >= 0.3 is 0 Å². The molecule has 1 aromatic heterocycles. The van der Waals surface area contributed by atoms with Gasteiger partial charge in [0, 0.05) is 11.6 Å². The second-order valence-electron chi connectivity index (χ2n) is 2.30. The van der Waals surface area contributed by atoms with Crippen LogP contribution < -0.4 is 5.73 Å². The maximum absolute atomic E-state index is 12.7. The summed E-state index contributed by atoms with van der Waals surface area (Å²) in [6, 6.07) is 1.92. The molecule has 2 nitrogen and oxygen atoms in total. The molecule has 0 amide bonds. The number of aromatic nitrogens is 1. The molecule has 11 heavy (non-hydrogen) atoms. The van der Waals surface area contributed by atoms with Crippen molar-refractivity contribution in [1.29, 1.82) is 0 Å². The molecular weight excluding hydrogens is 150 g/mol. The Morgan fingerprint density at radius 1 is 1.45 bits per heavy atom. The van der Waals surface area contributed by atoms with E-state index in [4.69, 9.17) is 5.73 Å². The standard InChI is InChI=1S/C7H8F2N2/c1-4(10)5-2-3-6(8)11-7(5)9/h2-4H,10H2,1H3/t4-/m0/s1. The van der Waals surface area contributed by atoms with E-state index < -0.39 is 17.9 Å². The summed E-state index contributed by atoms with van der Waals surface area (Å²) in [4.78, 5) is 2.98. The van der Waals surface area contributed by atoms with E-state index in [1.807, 2.05) is 0 Å². The molecule has 0 saturated carbocycles. The van der Waals surface area contributed by atoms with Crippen molar-refractivity contribution in [3.63, 3.8) is 0 Å². The topological polar surface area (TPSA) is 38.9 Å². The normalized spacial score (nSPS) is 13.1. The van der Waals surface area contributed by atoms with E-state index in [1.165, 1.54) is 6.07 Å². The molecule has 0 aliphatic carbocycles. The Labute approximate surface area is 63.1 Å². The fourth-order valence-corrected chi connectivity index (χ4v) is 0.763. The van der Waals surface area contributed by atoms with Crippen LogP contribution >= 0.6 is 0 Å². The summed E-state index contributed by atoms with van der Waals surface area (Å²) >= 11 is 0. The van der Waals surface area contributed by atoms with Crippen LogP contribution in [0.15, 0.2) is 12.1 Å². The third-order valence-corrected chi connectivity index (χ3v) is 1.33. The number of nitrogens with two attached hydrogens (primary N) is 1. The van der Waals surface area contributed by atoms with Crippen LogP contribution in [-0.2, 0) is 0 Å². The molecule has 4 heteroatoms. The molecule has 0 bridgehead atoms. The van der Waals surface area contributed by atoms with Crippen LogP contribution in [0.4, 0.5) is 8.78 Å².